The predicted octanol–water partition coefficient (Wildman–Crippen LogP) is 2.60. The van der Waals surface area contributed by atoms with Gasteiger partial charge in [0.15, 0.2) is 0 Å². The Morgan fingerprint density at radius 3 is 2.71 bits per heavy atom. The number of hydrogen-bond donors (Lipinski definition) is 2. The molecule has 0 saturated carbocycles. The van der Waals surface area contributed by atoms with Gasteiger partial charge in [-0.3, -0.25) is 10.8 Å². The van der Waals surface area contributed by atoms with Crippen LogP contribution in [0.25, 0.3) is 0 Å². The van der Waals surface area contributed by atoms with Crippen molar-refractivity contribution < 1.29 is 0 Å². The zero-order chi connectivity index (χ0) is 12.3. The Kier molecular flexibility index (Phi) is 3.74. The molecule has 0 saturated heterocycles. The fourth-order valence-electron chi connectivity index (χ4n) is 1.81. The van der Waals surface area contributed by atoms with Crippen LogP contribution in [-0.4, -0.2) is 4.98 Å². The molecular weight excluding hydrogens is 234 g/mol. The molecular formula is C13H14ClN3. The number of rotatable bonds is 3. The molecule has 1 atom stereocenters. The molecule has 88 valence electrons. The summed E-state index contributed by atoms with van der Waals surface area (Å²) < 4.78 is 0. The molecule has 0 spiro atoms. The molecule has 0 aliphatic heterocycles. The number of nitrogens with zero attached hydrogens (tertiary/aromatic N) is 1. The fourth-order valence-corrected chi connectivity index (χ4v) is 2.01. The molecule has 0 fully saturated rings. The first-order valence-corrected chi connectivity index (χ1v) is 5.71. The molecule has 4 heteroatoms. The van der Waals surface area contributed by atoms with Gasteiger partial charge in [-0.25, -0.2) is 5.43 Å². The van der Waals surface area contributed by atoms with Gasteiger partial charge in [-0.15, -0.1) is 0 Å². The average molecular weight is 248 g/mol. The standard InChI is InChI=1S/C13H14ClN3/c1-9-5-11(8-16-7-9)13(17-15)10-3-2-4-12(14)6-10/h2-8,13,17H,15H2,1H3. The third kappa shape index (κ3) is 2.82. The molecule has 1 aromatic carbocycles. The third-order valence-electron chi connectivity index (χ3n) is 2.58. The lowest BCUT2D eigenvalue weighted by atomic mass is 10.00. The van der Waals surface area contributed by atoms with E-state index in [4.69, 9.17) is 17.4 Å². The largest absolute Gasteiger partial charge is 0.271 e. The summed E-state index contributed by atoms with van der Waals surface area (Å²) >= 11 is 5.98. The smallest absolute Gasteiger partial charge is 0.0725 e. The Bertz CT molecular complexity index is 468. The highest BCUT2D eigenvalue weighted by Gasteiger charge is 2.12. The summed E-state index contributed by atoms with van der Waals surface area (Å²) in [6.07, 6.45) is 3.62. The minimum Gasteiger partial charge on any atom is -0.271 e. The monoisotopic (exact) mass is 247 g/mol. The van der Waals surface area contributed by atoms with Crippen LogP contribution < -0.4 is 11.3 Å². The molecule has 0 aliphatic rings. The van der Waals surface area contributed by atoms with E-state index in [1.54, 1.807) is 6.20 Å². The third-order valence-corrected chi connectivity index (χ3v) is 2.81. The van der Waals surface area contributed by atoms with Crippen molar-refractivity contribution in [3.63, 3.8) is 0 Å². The number of nitrogens with one attached hydrogen (secondary N) is 1. The van der Waals surface area contributed by atoms with E-state index in [0.717, 1.165) is 16.7 Å². The summed E-state index contributed by atoms with van der Waals surface area (Å²) in [5.41, 5.74) is 5.94. The van der Waals surface area contributed by atoms with E-state index < -0.39 is 0 Å². The highest BCUT2D eigenvalue weighted by molar-refractivity contribution is 6.30. The van der Waals surface area contributed by atoms with Gasteiger partial charge in [0.05, 0.1) is 6.04 Å². The van der Waals surface area contributed by atoms with Gasteiger partial charge in [-0.1, -0.05) is 29.8 Å². The highest BCUT2D eigenvalue weighted by Crippen LogP contribution is 2.23. The summed E-state index contributed by atoms with van der Waals surface area (Å²) in [7, 11) is 0. The SMILES string of the molecule is Cc1cncc(C(NN)c2cccc(Cl)c2)c1. The summed E-state index contributed by atoms with van der Waals surface area (Å²) in [5, 5.41) is 0.698. The summed E-state index contributed by atoms with van der Waals surface area (Å²) in [6.45, 7) is 2.00. The van der Waals surface area contributed by atoms with Crippen molar-refractivity contribution in [3.8, 4) is 0 Å². The second kappa shape index (κ2) is 5.27. The number of pyridine rings is 1. The van der Waals surface area contributed by atoms with Gasteiger partial charge in [-0.05, 0) is 35.7 Å². The van der Waals surface area contributed by atoms with Crippen molar-refractivity contribution in [3.05, 3.63) is 64.4 Å². The van der Waals surface area contributed by atoms with Gasteiger partial charge in [0.25, 0.3) is 0 Å². The molecule has 1 heterocycles. The lowest BCUT2D eigenvalue weighted by molar-refractivity contribution is 0.634. The van der Waals surface area contributed by atoms with Crippen LogP contribution in [0.4, 0.5) is 0 Å². The first-order chi connectivity index (χ1) is 8.20. The maximum Gasteiger partial charge on any atom is 0.0725 e. The maximum atomic E-state index is 5.98. The normalized spacial score (nSPS) is 12.4. The molecule has 0 amide bonds. The number of benzene rings is 1. The van der Waals surface area contributed by atoms with Gasteiger partial charge in [0, 0.05) is 17.4 Å². The van der Waals surface area contributed by atoms with Gasteiger partial charge in [0.2, 0.25) is 0 Å². The van der Waals surface area contributed by atoms with Gasteiger partial charge in [-0.2, -0.15) is 0 Å². The topological polar surface area (TPSA) is 50.9 Å². The van der Waals surface area contributed by atoms with Crippen LogP contribution in [0.2, 0.25) is 5.02 Å². The molecule has 3 nitrogen and oxygen atoms in total. The first kappa shape index (κ1) is 12.0. The van der Waals surface area contributed by atoms with Crippen LogP contribution in [0.3, 0.4) is 0 Å². The first-order valence-electron chi connectivity index (χ1n) is 5.34. The Morgan fingerprint density at radius 2 is 2.06 bits per heavy atom. The van der Waals surface area contributed by atoms with Crippen LogP contribution in [-0.2, 0) is 0 Å². The molecule has 2 rings (SSSR count). The number of nitrogens with two attached hydrogens (primary N) is 1. The Morgan fingerprint density at radius 1 is 1.24 bits per heavy atom. The molecule has 0 aliphatic carbocycles. The highest BCUT2D eigenvalue weighted by atomic mass is 35.5. The van der Waals surface area contributed by atoms with E-state index in [1.165, 1.54) is 0 Å². The van der Waals surface area contributed by atoms with Crippen LogP contribution >= 0.6 is 11.6 Å². The van der Waals surface area contributed by atoms with Crippen molar-refractivity contribution in [1.29, 1.82) is 0 Å². The quantitative estimate of drug-likeness (QED) is 0.648. The minimum absolute atomic E-state index is 0.0962. The molecule has 17 heavy (non-hydrogen) atoms. The van der Waals surface area contributed by atoms with Crippen molar-refractivity contribution in [1.82, 2.24) is 10.4 Å². The Labute approximate surface area is 106 Å². The second-order valence-electron chi connectivity index (χ2n) is 3.95. The van der Waals surface area contributed by atoms with E-state index in [0.29, 0.717) is 5.02 Å². The van der Waals surface area contributed by atoms with Crippen LogP contribution in [0.1, 0.15) is 22.7 Å². The van der Waals surface area contributed by atoms with Crippen molar-refractivity contribution in [2.75, 3.05) is 0 Å². The van der Waals surface area contributed by atoms with E-state index in [2.05, 4.69) is 16.5 Å². The minimum atomic E-state index is -0.0962. The number of hydrogen-bond acceptors (Lipinski definition) is 3. The van der Waals surface area contributed by atoms with Crippen LogP contribution in [0.5, 0.6) is 0 Å². The number of hydrazine groups is 1. The zero-order valence-corrected chi connectivity index (χ0v) is 10.3. The van der Waals surface area contributed by atoms with E-state index >= 15 is 0 Å². The number of aryl methyl sites for hydroxylation is 1. The van der Waals surface area contributed by atoms with E-state index in [-0.39, 0.29) is 6.04 Å². The number of aromatic nitrogens is 1. The van der Waals surface area contributed by atoms with Crippen LogP contribution in [0.15, 0.2) is 42.7 Å². The van der Waals surface area contributed by atoms with Gasteiger partial charge >= 0.3 is 0 Å². The Hall–Kier alpha value is -1.42. The van der Waals surface area contributed by atoms with E-state index in [9.17, 15) is 0 Å². The summed E-state index contributed by atoms with van der Waals surface area (Å²) in [4.78, 5) is 4.17. The predicted molar refractivity (Wildman–Crippen MR) is 69.6 cm³/mol. The zero-order valence-electron chi connectivity index (χ0n) is 9.52. The maximum absolute atomic E-state index is 5.98. The van der Waals surface area contributed by atoms with Gasteiger partial charge in [0.1, 0.15) is 0 Å². The molecule has 3 N–H and O–H groups in total. The number of halogens is 1. The van der Waals surface area contributed by atoms with Crippen LogP contribution in [0, 0.1) is 6.92 Å². The van der Waals surface area contributed by atoms with E-state index in [1.807, 2.05) is 37.4 Å². The second-order valence-corrected chi connectivity index (χ2v) is 4.39. The average Bonchev–Trinajstić information content (AvgIpc) is 2.30. The lowest BCUT2D eigenvalue weighted by Crippen LogP contribution is -2.29. The fraction of sp³-hybridized carbons (Fsp3) is 0.154. The molecule has 2 aromatic rings. The molecule has 0 radical (unpaired) electrons. The van der Waals surface area contributed by atoms with Crippen molar-refractivity contribution in [2.45, 2.75) is 13.0 Å². The summed E-state index contributed by atoms with van der Waals surface area (Å²) in [5.74, 6) is 5.62. The summed E-state index contributed by atoms with van der Waals surface area (Å²) in [6, 6.07) is 9.59. The molecule has 0 bridgehead atoms. The lowest BCUT2D eigenvalue weighted by Gasteiger charge is -2.17. The van der Waals surface area contributed by atoms with Gasteiger partial charge < -0.3 is 0 Å². The van der Waals surface area contributed by atoms with Crippen molar-refractivity contribution >= 4 is 11.6 Å². The Balaban J connectivity index is 2.40. The van der Waals surface area contributed by atoms with Crippen molar-refractivity contribution in [2.24, 2.45) is 5.84 Å². The molecule has 1 unspecified atom stereocenters. The molecule has 1 aromatic heterocycles.